The highest BCUT2D eigenvalue weighted by atomic mass is 127. The molecule has 0 radical (unpaired) electrons. The van der Waals surface area contributed by atoms with E-state index in [1.807, 2.05) is 6.92 Å². The molecular weight excluding hydrogens is 205 g/mol. The third-order valence-corrected chi connectivity index (χ3v) is 0.677. The number of guanidine groups is 1. The highest BCUT2D eigenvalue weighted by Crippen LogP contribution is 1.80. The molecule has 0 aliphatic rings. The molecule has 0 aliphatic carbocycles. The van der Waals surface area contributed by atoms with E-state index in [1.54, 1.807) is 0 Å². The molecule has 0 fully saturated rings. The van der Waals surface area contributed by atoms with Crippen LogP contribution in [0.4, 0.5) is 0 Å². The van der Waals surface area contributed by atoms with Crippen LogP contribution in [0.2, 0.25) is 0 Å². The topological polar surface area (TPSA) is 66.0 Å². The Bertz CT molecular complexity index is 74.2. The third kappa shape index (κ3) is 6.00. The second-order valence-corrected chi connectivity index (χ2v) is 3.08. The fraction of sp³-hybridized carbons (Fsp3) is 0.667. The van der Waals surface area contributed by atoms with Crippen molar-refractivity contribution in [3.05, 3.63) is 0 Å². The number of hydrogen-bond acceptors (Lipinski definition) is 0. The Morgan fingerprint density at radius 2 is 2.14 bits per heavy atom. The molecule has 42 valence electrons. The number of rotatable bonds is 1. The van der Waals surface area contributed by atoms with E-state index in [0.29, 0.717) is 4.05 Å². The van der Waals surface area contributed by atoms with Crippen LogP contribution in [0.1, 0.15) is 6.92 Å². The van der Waals surface area contributed by atoms with Crippen LogP contribution in [0.25, 0.3) is 0 Å². The second-order valence-electron chi connectivity index (χ2n) is 1.22. The van der Waals surface area contributed by atoms with E-state index in [-0.39, 0.29) is 5.96 Å². The summed E-state index contributed by atoms with van der Waals surface area (Å²) in [4.78, 5) is 2.76. The van der Waals surface area contributed by atoms with Gasteiger partial charge >= 0.3 is 5.96 Å². The number of halogens is 1. The molecule has 0 spiro atoms. The quantitative estimate of drug-likeness (QED) is 0.157. The normalized spacial score (nSPS) is 12.9. The van der Waals surface area contributed by atoms with Crippen LogP contribution in [0.3, 0.4) is 0 Å². The van der Waals surface area contributed by atoms with Crippen molar-refractivity contribution in [3.63, 3.8) is 0 Å². The standard InChI is InChI=1S/C3H8IN3/c1-2(4)7-3(5)6/h2H,1H3,(H4,5,6,7)/p+1. The molecule has 3 nitrogen and oxygen atoms in total. The van der Waals surface area contributed by atoms with Gasteiger partial charge in [0.15, 0.2) is 0 Å². The predicted octanol–water partition coefficient (Wildman–Crippen LogP) is -1.88. The van der Waals surface area contributed by atoms with E-state index < -0.39 is 0 Å². The van der Waals surface area contributed by atoms with E-state index in [4.69, 9.17) is 11.5 Å². The summed E-state index contributed by atoms with van der Waals surface area (Å²) in [5.74, 6) is 0.280. The molecule has 0 aliphatic heterocycles. The van der Waals surface area contributed by atoms with E-state index >= 15 is 0 Å². The molecule has 0 aromatic rings. The van der Waals surface area contributed by atoms with Crippen molar-refractivity contribution in [2.75, 3.05) is 0 Å². The van der Waals surface area contributed by atoms with Gasteiger partial charge in [-0.2, -0.15) is 0 Å². The number of hydrogen-bond donors (Lipinski definition) is 3. The molecule has 0 bridgehead atoms. The lowest BCUT2D eigenvalue weighted by molar-refractivity contribution is -0.464. The smallest absolute Gasteiger partial charge is 0.291 e. The van der Waals surface area contributed by atoms with Crippen molar-refractivity contribution < 1.29 is 4.99 Å². The minimum atomic E-state index is 0.280. The van der Waals surface area contributed by atoms with Gasteiger partial charge in [-0.05, 0) is 29.5 Å². The molecule has 4 heteroatoms. The molecule has 0 aromatic carbocycles. The monoisotopic (exact) mass is 214 g/mol. The van der Waals surface area contributed by atoms with Crippen LogP contribution < -0.4 is 16.5 Å². The summed E-state index contributed by atoms with van der Waals surface area (Å²) in [7, 11) is 0. The Hall–Kier alpha value is 0. The maximum Gasteiger partial charge on any atom is 0.339 e. The Labute approximate surface area is 56.3 Å². The zero-order chi connectivity index (χ0) is 5.86. The van der Waals surface area contributed by atoms with Crippen molar-refractivity contribution in [1.29, 1.82) is 0 Å². The predicted molar refractivity (Wildman–Crippen MR) is 37.8 cm³/mol. The Balaban J connectivity index is 3.45. The fourth-order valence-electron chi connectivity index (χ4n) is 0.230. The van der Waals surface area contributed by atoms with Crippen LogP contribution >= 0.6 is 22.6 Å². The van der Waals surface area contributed by atoms with Crippen LogP contribution in [-0.2, 0) is 0 Å². The van der Waals surface area contributed by atoms with Gasteiger partial charge in [0.05, 0.1) is 0 Å². The molecule has 0 rings (SSSR count). The molecule has 0 saturated heterocycles. The van der Waals surface area contributed by atoms with Crippen molar-refractivity contribution in [2.45, 2.75) is 11.0 Å². The first-order chi connectivity index (χ1) is 3.13. The number of nitrogens with one attached hydrogen (secondary N) is 1. The molecule has 1 atom stereocenters. The zero-order valence-corrected chi connectivity index (χ0v) is 6.27. The SMILES string of the molecule is CC(I)[NH+]=C(N)N. The molecular formula is C3H9IN3+. The van der Waals surface area contributed by atoms with Gasteiger partial charge in [0.25, 0.3) is 0 Å². The molecule has 0 saturated carbocycles. The number of nitrogens with two attached hydrogens (primary N) is 2. The zero-order valence-electron chi connectivity index (χ0n) is 4.11. The minimum absolute atomic E-state index is 0.280. The maximum atomic E-state index is 5.07. The first-order valence-corrected chi connectivity index (χ1v) is 3.16. The van der Waals surface area contributed by atoms with Gasteiger partial charge in [-0.3, -0.25) is 16.5 Å². The van der Waals surface area contributed by atoms with Crippen molar-refractivity contribution >= 4 is 28.6 Å². The Morgan fingerprint density at radius 1 is 1.71 bits per heavy atom. The van der Waals surface area contributed by atoms with E-state index in [1.165, 1.54) is 0 Å². The molecule has 5 N–H and O–H groups in total. The summed E-state index contributed by atoms with van der Waals surface area (Å²) in [6.07, 6.45) is 0. The first kappa shape index (κ1) is 7.00. The summed E-state index contributed by atoms with van der Waals surface area (Å²) in [6, 6.07) is 0. The summed E-state index contributed by atoms with van der Waals surface area (Å²) >= 11 is 2.17. The largest absolute Gasteiger partial charge is 0.339 e. The van der Waals surface area contributed by atoms with Crippen molar-refractivity contribution in [1.82, 2.24) is 0 Å². The fourth-order valence-corrected chi connectivity index (χ4v) is 0.589. The molecule has 0 heterocycles. The van der Waals surface area contributed by atoms with Crippen molar-refractivity contribution in [3.8, 4) is 0 Å². The van der Waals surface area contributed by atoms with Crippen LogP contribution in [-0.4, -0.2) is 10.0 Å². The lowest BCUT2D eigenvalue weighted by atomic mass is 10.8. The van der Waals surface area contributed by atoms with Crippen LogP contribution in [0, 0.1) is 0 Å². The van der Waals surface area contributed by atoms with Crippen LogP contribution in [0.5, 0.6) is 0 Å². The summed E-state index contributed by atoms with van der Waals surface area (Å²) in [5, 5.41) is 0. The highest BCUT2D eigenvalue weighted by Gasteiger charge is 1.89. The Morgan fingerprint density at radius 3 is 2.14 bits per heavy atom. The molecule has 7 heavy (non-hydrogen) atoms. The van der Waals surface area contributed by atoms with Gasteiger partial charge in [-0.1, -0.05) is 0 Å². The van der Waals surface area contributed by atoms with Gasteiger partial charge in [0.2, 0.25) is 0 Å². The van der Waals surface area contributed by atoms with E-state index in [2.05, 4.69) is 27.6 Å². The summed E-state index contributed by atoms with van der Waals surface area (Å²) in [6.45, 7) is 1.96. The van der Waals surface area contributed by atoms with Crippen molar-refractivity contribution in [2.24, 2.45) is 11.5 Å². The molecule has 0 amide bonds. The van der Waals surface area contributed by atoms with Crippen LogP contribution in [0.15, 0.2) is 0 Å². The van der Waals surface area contributed by atoms with Gasteiger partial charge < -0.3 is 0 Å². The van der Waals surface area contributed by atoms with Gasteiger partial charge in [0.1, 0.15) is 4.05 Å². The summed E-state index contributed by atoms with van der Waals surface area (Å²) < 4.78 is 0.308. The Kier molecular flexibility index (Phi) is 3.06. The average molecular weight is 214 g/mol. The van der Waals surface area contributed by atoms with E-state index in [0.717, 1.165) is 0 Å². The minimum Gasteiger partial charge on any atom is -0.291 e. The second kappa shape index (κ2) is 3.06. The molecule has 0 aromatic heterocycles. The summed E-state index contributed by atoms with van der Waals surface area (Å²) in [5.41, 5.74) is 10.1. The van der Waals surface area contributed by atoms with Gasteiger partial charge in [0, 0.05) is 0 Å². The average Bonchev–Trinajstić information content (AvgIpc) is 1.27. The first-order valence-electron chi connectivity index (χ1n) is 1.91. The maximum absolute atomic E-state index is 5.07. The lowest BCUT2D eigenvalue weighted by Crippen LogP contribution is -2.81. The van der Waals surface area contributed by atoms with E-state index in [9.17, 15) is 0 Å². The highest BCUT2D eigenvalue weighted by molar-refractivity contribution is 14.1. The number of alkyl halides is 1. The lowest BCUT2D eigenvalue weighted by Gasteiger charge is -1.88. The van der Waals surface area contributed by atoms with Gasteiger partial charge in [-0.25, -0.2) is 0 Å². The molecule has 1 unspecified atom stereocenters. The third-order valence-electron chi connectivity index (χ3n) is 0.366. The van der Waals surface area contributed by atoms with Gasteiger partial charge in [-0.15, -0.1) is 0 Å².